The minimum absolute atomic E-state index is 0.0669. The van der Waals surface area contributed by atoms with Crippen LogP contribution >= 0.6 is 0 Å². The van der Waals surface area contributed by atoms with Gasteiger partial charge >= 0.3 is 0 Å². The van der Waals surface area contributed by atoms with Crippen LogP contribution in [0.4, 0.5) is 0 Å². The molecule has 0 bridgehead atoms. The van der Waals surface area contributed by atoms with Gasteiger partial charge in [-0.2, -0.15) is 0 Å². The summed E-state index contributed by atoms with van der Waals surface area (Å²) in [4.78, 5) is 43.6. The van der Waals surface area contributed by atoms with Gasteiger partial charge in [-0.25, -0.2) is 5.48 Å². The molecule has 2 aromatic carbocycles. The second kappa shape index (κ2) is 7.47. The van der Waals surface area contributed by atoms with Crippen LogP contribution in [0.3, 0.4) is 0 Å². The fourth-order valence-corrected chi connectivity index (χ4v) is 3.08. The Morgan fingerprint density at radius 2 is 1.58 bits per heavy atom. The Kier molecular flexibility index (Phi) is 5.11. The maximum atomic E-state index is 12.7. The summed E-state index contributed by atoms with van der Waals surface area (Å²) in [6, 6.07) is 12.3. The molecular formula is C19H18N2O5. The van der Waals surface area contributed by atoms with Crippen LogP contribution in [-0.4, -0.2) is 40.9 Å². The number of nitrogens with one attached hydrogen (secondary N) is 1. The Balaban J connectivity index is 1.99. The lowest BCUT2D eigenvalue weighted by Crippen LogP contribution is -2.50. The molecule has 0 aromatic heterocycles. The van der Waals surface area contributed by atoms with E-state index in [1.165, 1.54) is 7.11 Å². The van der Waals surface area contributed by atoms with Crippen LogP contribution in [0.2, 0.25) is 0 Å². The standard InChI is InChI=1S/C19H18N2O5/c1-26-20-17(23)16(10-12-6-2-3-7-13(12)11-22)21-18(24)14-8-4-5-9-15(14)19(21)25/h2-9,16,22H,10-11H2,1H3,(H,20,23). The molecule has 1 heterocycles. The van der Waals surface area contributed by atoms with E-state index in [0.29, 0.717) is 11.1 Å². The number of amides is 3. The van der Waals surface area contributed by atoms with E-state index >= 15 is 0 Å². The maximum Gasteiger partial charge on any atom is 0.267 e. The summed E-state index contributed by atoms with van der Waals surface area (Å²) in [7, 11) is 1.28. The van der Waals surface area contributed by atoms with E-state index in [9.17, 15) is 19.5 Å². The van der Waals surface area contributed by atoms with Crippen LogP contribution in [0, 0.1) is 0 Å². The molecule has 7 heteroatoms. The van der Waals surface area contributed by atoms with Crippen molar-refractivity contribution in [3.8, 4) is 0 Å². The molecule has 3 rings (SSSR count). The minimum Gasteiger partial charge on any atom is -0.392 e. The molecule has 7 nitrogen and oxygen atoms in total. The summed E-state index contributed by atoms with van der Waals surface area (Å²) in [6.07, 6.45) is 0.0669. The molecule has 0 aliphatic carbocycles. The molecule has 0 spiro atoms. The highest BCUT2D eigenvalue weighted by Crippen LogP contribution is 2.26. The molecule has 1 atom stereocenters. The van der Waals surface area contributed by atoms with Gasteiger partial charge in [-0.1, -0.05) is 36.4 Å². The average molecular weight is 354 g/mol. The first kappa shape index (κ1) is 17.8. The largest absolute Gasteiger partial charge is 0.392 e. The summed E-state index contributed by atoms with van der Waals surface area (Å²) < 4.78 is 0. The van der Waals surface area contributed by atoms with Crippen LogP contribution in [-0.2, 0) is 22.7 Å². The maximum absolute atomic E-state index is 12.7. The summed E-state index contributed by atoms with van der Waals surface area (Å²) in [5.74, 6) is -1.67. The predicted octanol–water partition coefficient (Wildman–Crippen LogP) is 1.06. The lowest BCUT2D eigenvalue weighted by molar-refractivity contribution is -0.135. The zero-order valence-corrected chi connectivity index (χ0v) is 14.1. The number of aliphatic hydroxyl groups excluding tert-OH is 1. The van der Waals surface area contributed by atoms with Crippen molar-refractivity contribution in [2.24, 2.45) is 0 Å². The molecule has 0 saturated carbocycles. The van der Waals surface area contributed by atoms with Crippen molar-refractivity contribution in [1.82, 2.24) is 10.4 Å². The number of carbonyl (C=O) groups excluding carboxylic acids is 3. The van der Waals surface area contributed by atoms with Gasteiger partial charge in [-0.15, -0.1) is 0 Å². The molecular weight excluding hydrogens is 336 g/mol. The number of imide groups is 1. The molecule has 1 aliphatic rings. The van der Waals surface area contributed by atoms with Crippen LogP contribution in [0.1, 0.15) is 31.8 Å². The molecule has 3 amide bonds. The van der Waals surface area contributed by atoms with E-state index in [2.05, 4.69) is 10.3 Å². The summed E-state index contributed by atoms with van der Waals surface area (Å²) in [5.41, 5.74) is 4.03. The van der Waals surface area contributed by atoms with E-state index < -0.39 is 23.8 Å². The van der Waals surface area contributed by atoms with Crippen LogP contribution in [0.25, 0.3) is 0 Å². The van der Waals surface area contributed by atoms with Gasteiger partial charge in [-0.05, 0) is 23.3 Å². The predicted molar refractivity (Wildman–Crippen MR) is 92.0 cm³/mol. The first-order valence-corrected chi connectivity index (χ1v) is 8.06. The first-order chi connectivity index (χ1) is 12.6. The molecule has 1 aliphatic heterocycles. The molecule has 1 unspecified atom stereocenters. The lowest BCUT2D eigenvalue weighted by Gasteiger charge is -2.25. The van der Waals surface area contributed by atoms with Gasteiger partial charge in [0.15, 0.2) is 0 Å². The quantitative estimate of drug-likeness (QED) is 0.597. The number of nitrogens with zero attached hydrogens (tertiary/aromatic N) is 1. The van der Waals surface area contributed by atoms with Gasteiger partial charge in [-0.3, -0.25) is 24.1 Å². The third-order valence-electron chi connectivity index (χ3n) is 4.34. The van der Waals surface area contributed by atoms with Gasteiger partial charge in [0.25, 0.3) is 17.7 Å². The molecule has 26 heavy (non-hydrogen) atoms. The highest BCUT2D eigenvalue weighted by atomic mass is 16.6. The van der Waals surface area contributed by atoms with Crippen LogP contribution in [0.15, 0.2) is 48.5 Å². The van der Waals surface area contributed by atoms with E-state index in [4.69, 9.17) is 0 Å². The number of benzene rings is 2. The Morgan fingerprint density at radius 1 is 1.04 bits per heavy atom. The zero-order valence-electron chi connectivity index (χ0n) is 14.1. The van der Waals surface area contributed by atoms with Gasteiger partial charge in [0.1, 0.15) is 6.04 Å². The summed E-state index contributed by atoms with van der Waals surface area (Å²) >= 11 is 0. The lowest BCUT2D eigenvalue weighted by atomic mass is 9.99. The fraction of sp³-hybridized carbons (Fsp3) is 0.211. The van der Waals surface area contributed by atoms with E-state index in [1.54, 1.807) is 48.5 Å². The topological polar surface area (TPSA) is 95.9 Å². The Bertz CT molecular complexity index is 830. The van der Waals surface area contributed by atoms with Crippen molar-refractivity contribution in [3.05, 3.63) is 70.8 Å². The molecule has 0 radical (unpaired) electrons. The second-order valence-electron chi connectivity index (χ2n) is 5.84. The van der Waals surface area contributed by atoms with E-state index in [-0.39, 0.29) is 24.2 Å². The SMILES string of the molecule is CONC(=O)C(Cc1ccccc1CO)N1C(=O)c2ccccc2C1=O. The van der Waals surface area contributed by atoms with Gasteiger partial charge in [0.05, 0.1) is 24.8 Å². The normalized spacial score (nSPS) is 14.3. The number of aliphatic hydroxyl groups is 1. The van der Waals surface area contributed by atoms with E-state index in [0.717, 1.165) is 4.90 Å². The van der Waals surface area contributed by atoms with E-state index in [1.807, 2.05) is 0 Å². The van der Waals surface area contributed by atoms with Crippen LogP contribution in [0.5, 0.6) is 0 Å². The third-order valence-corrected chi connectivity index (χ3v) is 4.34. The van der Waals surface area contributed by atoms with Gasteiger partial charge in [0.2, 0.25) is 0 Å². The third kappa shape index (κ3) is 3.10. The first-order valence-electron chi connectivity index (χ1n) is 8.06. The number of hydrogen-bond acceptors (Lipinski definition) is 5. The number of rotatable bonds is 6. The fourth-order valence-electron chi connectivity index (χ4n) is 3.08. The monoisotopic (exact) mass is 354 g/mol. The number of carbonyl (C=O) groups is 3. The summed E-state index contributed by atoms with van der Waals surface area (Å²) in [5, 5.41) is 9.51. The minimum atomic E-state index is -1.10. The molecule has 2 aromatic rings. The molecule has 2 N–H and O–H groups in total. The Labute approximate surface area is 150 Å². The number of hydrogen-bond donors (Lipinski definition) is 2. The average Bonchev–Trinajstić information content (AvgIpc) is 2.91. The van der Waals surface area contributed by atoms with Crippen molar-refractivity contribution in [2.45, 2.75) is 19.1 Å². The molecule has 134 valence electrons. The highest BCUT2D eigenvalue weighted by Gasteiger charge is 2.42. The highest BCUT2D eigenvalue weighted by molar-refractivity contribution is 6.22. The number of fused-ring (bicyclic) bond motifs is 1. The second-order valence-corrected chi connectivity index (χ2v) is 5.84. The van der Waals surface area contributed by atoms with Crippen molar-refractivity contribution >= 4 is 17.7 Å². The van der Waals surface area contributed by atoms with Gasteiger partial charge < -0.3 is 5.11 Å². The van der Waals surface area contributed by atoms with Crippen LogP contribution < -0.4 is 5.48 Å². The smallest absolute Gasteiger partial charge is 0.267 e. The van der Waals surface area contributed by atoms with Crippen molar-refractivity contribution in [1.29, 1.82) is 0 Å². The van der Waals surface area contributed by atoms with Crippen molar-refractivity contribution in [3.63, 3.8) is 0 Å². The number of hydroxylamine groups is 1. The Hall–Kier alpha value is -3.03. The zero-order chi connectivity index (χ0) is 18.7. The van der Waals surface area contributed by atoms with Crippen molar-refractivity contribution < 1.29 is 24.3 Å². The Morgan fingerprint density at radius 3 is 2.12 bits per heavy atom. The molecule has 0 fully saturated rings. The van der Waals surface area contributed by atoms with Crippen molar-refractivity contribution in [2.75, 3.05) is 7.11 Å². The summed E-state index contributed by atoms with van der Waals surface area (Å²) in [6.45, 7) is -0.211. The van der Waals surface area contributed by atoms with Gasteiger partial charge in [0, 0.05) is 6.42 Å². The molecule has 0 saturated heterocycles.